The molecule has 0 fully saturated rings. The molecule has 0 aromatic heterocycles. The van der Waals surface area contributed by atoms with E-state index >= 15 is 0 Å². The average Bonchev–Trinajstić information content (AvgIpc) is 2.75. The van der Waals surface area contributed by atoms with Gasteiger partial charge in [-0.1, -0.05) is 59.6 Å². The van der Waals surface area contributed by atoms with Gasteiger partial charge in [-0.15, -0.1) is 0 Å². The van der Waals surface area contributed by atoms with Crippen LogP contribution in [0.4, 0.5) is 0 Å². The van der Waals surface area contributed by atoms with Crippen LogP contribution in [0.15, 0.2) is 65.1 Å². The largest absolute Gasteiger partial charge is 0.490 e. The third-order valence-electron chi connectivity index (χ3n) is 4.61. The molecule has 0 aliphatic rings. The van der Waals surface area contributed by atoms with Crippen LogP contribution in [0.2, 0.25) is 10.0 Å². The molecule has 3 rings (SSSR count). The summed E-state index contributed by atoms with van der Waals surface area (Å²) in [5, 5.41) is 14.7. The average molecular weight is 525 g/mol. The molecule has 3 aromatic rings. The van der Waals surface area contributed by atoms with E-state index < -0.39 is 6.10 Å². The Morgan fingerprint density at radius 1 is 1.03 bits per heavy atom. The Kier molecular flexibility index (Phi) is 9.05. The summed E-state index contributed by atoms with van der Waals surface area (Å²) >= 11 is 15.8. The summed E-state index contributed by atoms with van der Waals surface area (Å²) in [5.74, 6) is 1.25. The van der Waals surface area contributed by atoms with E-state index in [1.54, 1.807) is 12.1 Å². The van der Waals surface area contributed by atoms with Crippen molar-refractivity contribution in [3.63, 3.8) is 0 Å². The topological polar surface area (TPSA) is 50.7 Å². The molecular weight excluding hydrogens is 501 g/mol. The number of rotatable bonds is 10. The van der Waals surface area contributed by atoms with Crippen LogP contribution in [0.25, 0.3) is 0 Å². The van der Waals surface area contributed by atoms with Gasteiger partial charge in [-0.05, 0) is 58.2 Å². The van der Waals surface area contributed by atoms with Crippen molar-refractivity contribution in [2.75, 3.05) is 13.2 Å². The lowest BCUT2D eigenvalue weighted by Crippen LogP contribution is -2.21. The van der Waals surface area contributed by atoms with Crippen LogP contribution >= 0.6 is 39.1 Å². The van der Waals surface area contributed by atoms with Crippen LogP contribution in [0.1, 0.15) is 29.7 Å². The van der Waals surface area contributed by atoms with E-state index in [9.17, 15) is 5.11 Å². The van der Waals surface area contributed by atoms with Gasteiger partial charge in [0.2, 0.25) is 0 Å². The molecule has 0 saturated carbocycles. The SMILES string of the molecule is CCOc1cc(CNC[C@H](O)c2ccccc2)cc(Br)c1OCc1ccc(Cl)cc1Cl. The number of halogens is 3. The van der Waals surface area contributed by atoms with Crippen LogP contribution in [-0.2, 0) is 13.2 Å². The lowest BCUT2D eigenvalue weighted by molar-refractivity contribution is 0.174. The molecule has 7 heteroatoms. The maximum Gasteiger partial charge on any atom is 0.175 e. The molecule has 0 saturated heterocycles. The standard InChI is InChI=1S/C24H24BrCl2NO3/c1-2-30-23-11-16(13-28-14-22(29)17-6-4-3-5-7-17)10-20(25)24(23)31-15-18-8-9-19(26)12-21(18)27/h3-12,22,28-29H,2,13-15H2,1H3/t22-/m0/s1. The summed E-state index contributed by atoms with van der Waals surface area (Å²) in [5.41, 5.74) is 2.73. The molecule has 31 heavy (non-hydrogen) atoms. The van der Waals surface area contributed by atoms with Gasteiger partial charge in [0.05, 0.1) is 17.2 Å². The summed E-state index contributed by atoms with van der Waals surface area (Å²) in [6.07, 6.45) is -0.567. The zero-order valence-electron chi connectivity index (χ0n) is 17.1. The van der Waals surface area contributed by atoms with E-state index in [4.69, 9.17) is 32.7 Å². The molecule has 2 N–H and O–H groups in total. The lowest BCUT2D eigenvalue weighted by atomic mass is 10.1. The minimum Gasteiger partial charge on any atom is -0.490 e. The molecule has 0 spiro atoms. The number of nitrogens with one attached hydrogen (secondary N) is 1. The van der Waals surface area contributed by atoms with Crippen molar-refractivity contribution in [2.24, 2.45) is 0 Å². The monoisotopic (exact) mass is 523 g/mol. The van der Waals surface area contributed by atoms with Crippen LogP contribution in [0.5, 0.6) is 11.5 Å². The third kappa shape index (κ3) is 6.86. The van der Waals surface area contributed by atoms with Crippen molar-refractivity contribution in [2.45, 2.75) is 26.2 Å². The molecule has 4 nitrogen and oxygen atoms in total. The highest BCUT2D eigenvalue weighted by Gasteiger charge is 2.14. The van der Waals surface area contributed by atoms with E-state index in [2.05, 4.69) is 21.2 Å². The van der Waals surface area contributed by atoms with Gasteiger partial charge >= 0.3 is 0 Å². The fraction of sp³-hybridized carbons (Fsp3) is 0.250. The van der Waals surface area contributed by atoms with E-state index in [0.29, 0.717) is 41.2 Å². The fourth-order valence-electron chi connectivity index (χ4n) is 3.06. The molecule has 0 radical (unpaired) electrons. The van der Waals surface area contributed by atoms with Crippen LogP contribution in [-0.4, -0.2) is 18.3 Å². The van der Waals surface area contributed by atoms with E-state index in [1.807, 2.05) is 55.5 Å². The summed E-state index contributed by atoms with van der Waals surface area (Å²) in [6, 6.07) is 18.8. The Hall–Kier alpha value is -1.76. The smallest absolute Gasteiger partial charge is 0.175 e. The molecule has 0 bridgehead atoms. The predicted molar refractivity (Wildman–Crippen MR) is 129 cm³/mol. The normalized spacial score (nSPS) is 11.9. The lowest BCUT2D eigenvalue weighted by Gasteiger charge is -2.17. The second-order valence-corrected chi connectivity index (χ2v) is 8.62. The van der Waals surface area contributed by atoms with Crippen molar-refractivity contribution in [3.8, 4) is 11.5 Å². The minimum atomic E-state index is -0.567. The van der Waals surface area contributed by atoms with Crippen molar-refractivity contribution in [1.29, 1.82) is 0 Å². The van der Waals surface area contributed by atoms with Gasteiger partial charge < -0.3 is 19.9 Å². The minimum absolute atomic E-state index is 0.287. The van der Waals surface area contributed by atoms with Gasteiger partial charge in [0.15, 0.2) is 11.5 Å². The summed E-state index contributed by atoms with van der Waals surface area (Å²) < 4.78 is 12.6. The summed E-state index contributed by atoms with van der Waals surface area (Å²) in [6.45, 7) is 3.74. The molecule has 3 aromatic carbocycles. The maximum atomic E-state index is 10.3. The number of hydrogen-bond donors (Lipinski definition) is 2. The Balaban J connectivity index is 1.66. The van der Waals surface area contributed by atoms with Crippen molar-refractivity contribution >= 4 is 39.1 Å². The highest BCUT2D eigenvalue weighted by molar-refractivity contribution is 9.10. The summed E-state index contributed by atoms with van der Waals surface area (Å²) in [7, 11) is 0. The molecule has 0 heterocycles. The molecular formula is C24H24BrCl2NO3. The molecule has 164 valence electrons. The van der Waals surface area contributed by atoms with Gasteiger partial charge in [-0.2, -0.15) is 0 Å². The Labute approximate surface area is 201 Å². The first-order chi connectivity index (χ1) is 15.0. The Bertz CT molecular complexity index is 1000. The van der Waals surface area contributed by atoms with Gasteiger partial charge in [-0.3, -0.25) is 0 Å². The second-order valence-electron chi connectivity index (χ2n) is 6.92. The first kappa shape index (κ1) is 23.9. The zero-order valence-corrected chi connectivity index (χ0v) is 20.2. The van der Waals surface area contributed by atoms with Gasteiger partial charge in [0, 0.05) is 28.7 Å². The van der Waals surface area contributed by atoms with Gasteiger partial charge in [0.1, 0.15) is 6.61 Å². The van der Waals surface area contributed by atoms with Gasteiger partial charge in [-0.25, -0.2) is 0 Å². The number of benzene rings is 3. The van der Waals surface area contributed by atoms with E-state index in [1.165, 1.54) is 0 Å². The number of aliphatic hydroxyl groups excluding tert-OH is 1. The first-order valence-electron chi connectivity index (χ1n) is 9.93. The highest BCUT2D eigenvalue weighted by atomic mass is 79.9. The number of ether oxygens (including phenoxy) is 2. The van der Waals surface area contributed by atoms with Crippen molar-refractivity contribution in [1.82, 2.24) is 5.32 Å². The molecule has 1 atom stereocenters. The van der Waals surface area contributed by atoms with Crippen LogP contribution < -0.4 is 14.8 Å². The molecule has 0 amide bonds. The molecule has 0 unspecified atom stereocenters. The van der Waals surface area contributed by atoms with Gasteiger partial charge in [0.25, 0.3) is 0 Å². The Morgan fingerprint density at radius 2 is 1.81 bits per heavy atom. The quantitative estimate of drug-likeness (QED) is 0.315. The van der Waals surface area contributed by atoms with Crippen LogP contribution in [0.3, 0.4) is 0 Å². The fourth-order valence-corrected chi connectivity index (χ4v) is 4.13. The Morgan fingerprint density at radius 3 is 2.52 bits per heavy atom. The molecule has 0 aliphatic carbocycles. The zero-order chi connectivity index (χ0) is 22.2. The van der Waals surface area contributed by atoms with Crippen molar-refractivity contribution < 1.29 is 14.6 Å². The van der Waals surface area contributed by atoms with E-state index in [0.717, 1.165) is 21.2 Å². The molecule has 0 aliphatic heterocycles. The maximum absolute atomic E-state index is 10.3. The first-order valence-corrected chi connectivity index (χ1v) is 11.5. The predicted octanol–water partition coefficient (Wildman–Crippen LogP) is 6.56. The number of hydrogen-bond acceptors (Lipinski definition) is 4. The summed E-state index contributed by atoms with van der Waals surface area (Å²) in [4.78, 5) is 0. The highest BCUT2D eigenvalue weighted by Crippen LogP contribution is 2.38. The van der Waals surface area contributed by atoms with Crippen molar-refractivity contribution in [3.05, 3.63) is 91.9 Å². The number of aliphatic hydroxyl groups is 1. The van der Waals surface area contributed by atoms with E-state index in [-0.39, 0.29) is 6.61 Å². The third-order valence-corrected chi connectivity index (χ3v) is 5.78. The van der Waals surface area contributed by atoms with Crippen LogP contribution in [0, 0.1) is 0 Å². The second kappa shape index (κ2) is 11.7.